The fraction of sp³-hybridized carbons (Fsp3) is 0.0625. The molecule has 0 amide bonds. The second kappa shape index (κ2) is 6.25. The van der Waals surface area contributed by atoms with Crippen LogP contribution in [-0.2, 0) is 10.0 Å². The Hall–Kier alpha value is -3.00. The van der Waals surface area contributed by atoms with Gasteiger partial charge in [-0.25, -0.2) is 13.4 Å². The Labute approximate surface area is 139 Å². The number of hydrogen-bond donors (Lipinski definition) is 2. The molecule has 8 heteroatoms. The molecule has 0 fully saturated rings. The number of nitrogen functional groups attached to an aromatic ring is 1. The first kappa shape index (κ1) is 15.9. The Morgan fingerprint density at radius 1 is 1.21 bits per heavy atom. The molecule has 1 heterocycles. The molecule has 2 aromatic carbocycles. The number of hydrogen-bond acceptors (Lipinski definition) is 5. The van der Waals surface area contributed by atoms with Gasteiger partial charge in [0, 0.05) is 18.5 Å². The van der Waals surface area contributed by atoms with Crippen molar-refractivity contribution in [1.82, 2.24) is 9.55 Å². The Bertz CT molecular complexity index is 953. The highest BCUT2D eigenvalue weighted by Crippen LogP contribution is 2.29. The Kier molecular flexibility index (Phi) is 4.13. The molecular formula is C16H16N4O3S. The van der Waals surface area contributed by atoms with Gasteiger partial charge in [0.05, 0.1) is 30.5 Å². The van der Waals surface area contributed by atoms with E-state index >= 15 is 0 Å². The predicted molar refractivity (Wildman–Crippen MR) is 91.8 cm³/mol. The van der Waals surface area contributed by atoms with Gasteiger partial charge in [0.25, 0.3) is 10.0 Å². The summed E-state index contributed by atoms with van der Waals surface area (Å²) in [5.74, 6) is 0.225. The van der Waals surface area contributed by atoms with Crippen molar-refractivity contribution in [2.24, 2.45) is 0 Å². The van der Waals surface area contributed by atoms with Gasteiger partial charge in [-0.2, -0.15) is 0 Å². The number of benzene rings is 2. The second-order valence-electron chi connectivity index (χ2n) is 5.00. The maximum Gasteiger partial charge on any atom is 0.265 e. The number of sulfonamides is 1. The average molecular weight is 344 g/mol. The van der Waals surface area contributed by atoms with Crippen molar-refractivity contribution in [3.05, 3.63) is 61.2 Å². The van der Waals surface area contributed by atoms with Crippen molar-refractivity contribution in [3.63, 3.8) is 0 Å². The number of nitrogens with one attached hydrogen (secondary N) is 1. The van der Waals surface area contributed by atoms with Crippen molar-refractivity contribution in [3.8, 4) is 11.4 Å². The monoisotopic (exact) mass is 344 g/mol. The SMILES string of the molecule is COc1cc(-n2ccnc2)ccc1S(=O)(=O)Nc1ccccc1N. The number of anilines is 2. The molecule has 0 atom stereocenters. The molecule has 0 bridgehead atoms. The van der Waals surface area contributed by atoms with Crippen LogP contribution in [0.15, 0.2) is 66.1 Å². The first-order valence-electron chi connectivity index (χ1n) is 7.05. The van der Waals surface area contributed by atoms with Gasteiger partial charge < -0.3 is 15.0 Å². The van der Waals surface area contributed by atoms with Crippen LogP contribution in [0.3, 0.4) is 0 Å². The lowest BCUT2D eigenvalue weighted by atomic mass is 10.3. The minimum absolute atomic E-state index is 0.0251. The maximum atomic E-state index is 12.7. The summed E-state index contributed by atoms with van der Waals surface area (Å²) in [5.41, 5.74) is 7.20. The highest BCUT2D eigenvalue weighted by Gasteiger charge is 2.21. The van der Waals surface area contributed by atoms with E-state index in [1.807, 2.05) is 0 Å². The van der Waals surface area contributed by atoms with Gasteiger partial charge >= 0.3 is 0 Å². The summed E-state index contributed by atoms with van der Waals surface area (Å²) in [6.07, 6.45) is 5.01. The third kappa shape index (κ3) is 3.04. The fourth-order valence-electron chi connectivity index (χ4n) is 2.24. The van der Waals surface area contributed by atoms with Gasteiger partial charge in [0.15, 0.2) is 0 Å². The first-order valence-corrected chi connectivity index (χ1v) is 8.53. The largest absolute Gasteiger partial charge is 0.495 e. The van der Waals surface area contributed by atoms with E-state index in [0.717, 1.165) is 5.69 Å². The summed E-state index contributed by atoms with van der Waals surface area (Å²) in [7, 11) is -2.42. The van der Waals surface area contributed by atoms with E-state index < -0.39 is 10.0 Å². The summed E-state index contributed by atoms with van der Waals surface area (Å²) in [6.45, 7) is 0. The molecule has 0 unspecified atom stereocenters. The highest BCUT2D eigenvalue weighted by atomic mass is 32.2. The van der Waals surface area contributed by atoms with E-state index in [0.29, 0.717) is 11.4 Å². The summed E-state index contributed by atoms with van der Waals surface area (Å²) in [5, 5.41) is 0. The van der Waals surface area contributed by atoms with Crippen LogP contribution in [0.2, 0.25) is 0 Å². The van der Waals surface area contributed by atoms with Crippen LogP contribution in [0.5, 0.6) is 5.75 Å². The molecule has 1 aromatic heterocycles. The van der Waals surface area contributed by atoms with E-state index in [1.165, 1.54) is 13.2 Å². The Morgan fingerprint density at radius 3 is 2.67 bits per heavy atom. The van der Waals surface area contributed by atoms with E-state index in [-0.39, 0.29) is 10.6 Å². The maximum absolute atomic E-state index is 12.7. The third-order valence-corrected chi connectivity index (χ3v) is 4.85. The van der Waals surface area contributed by atoms with Gasteiger partial charge in [-0.05, 0) is 24.3 Å². The number of imidazole rings is 1. The molecule has 7 nitrogen and oxygen atoms in total. The van der Waals surface area contributed by atoms with Crippen LogP contribution in [0.25, 0.3) is 5.69 Å². The molecule has 0 saturated carbocycles. The number of methoxy groups -OCH3 is 1. The van der Waals surface area contributed by atoms with Crippen LogP contribution in [-0.4, -0.2) is 25.1 Å². The molecule has 124 valence electrons. The van der Waals surface area contributed by atoms with Crippen molar-refractivity contribution in [2.75, 3.05) is 17.6 Å². The Morgan fingerprint density at radius 2 is 2.00 bits per heavy atom. The molecule has 0 aliphatic rings. The van der Waals surface area contributed by atoms with Crippen molar-refractivity contribution >= 4 is 21.4 Å². The topological polar surface area (TPSA) is 99.2 Å². The molecule has 3 N–H and O–H groups in total. The van der Waals surface area contributed by atoms with E-state index in [1.54, 1.807) is 59.7 Å². The highest BCUT2D eigenvalue weighted by molar-refractivity contribution is 7.92. The minimum atomic E-state index is -3.84. The number of nitrogens with zero attached hydrogens (tertiary/aromatic N) is 2. The molecule has 0 saturated heterocycles. The molecule has 0 aliphatic carbocycles. The summed E-state index contributed by atoms with van der Waals surface area (Å²) in [4.78, 5) is 3.99. The number of para-hydroxylation sites is 2. The van der Waals surface area contributed by atoms with Gasteiger partial charge in [-0.1, -0.05) is 12.1 Å². The number of nitrogens with two attached hydrogens (primary N) is 1. The van der Waals surface area contributed by atoms with Gasteiger partial charge in [0.1, 0.15) is 10.6 Å². The van der Waals surface area contributed by atoms with Gasteiger partial charge in [-0.3, -0.25) is 4.72 Å². The molecule has 0 radical (unpaired) electrons. The zero-order valence-electron chi connectivity index (χ0n) is 12.9. The molecule has 0 aliphatic heterocycles. The van der Waals surface area contributed by atoms with Crippen LogP contribution in [0.4, 0.5) is 11.4 Å². The van der Waals surface area contributed by atoms with Crippen molar-refractivity contribution in [2.45, 2.75) is 4.90 Å². The Balaban J connectivity index is 2.00. The molecule has 3 aromatic rings. The zero-order chi connectivity index (χ0) is 17.2. The minimum Gasteiger partial charge on any atom is -0.495 e. The number of aromatic nitrogens is 2. The summed E-state index contributed by atoms with van der Waals surface area (Å²) < 4.78 is 34.8. The van der Waals surface area contributed by atoms with Gasteiger partial charge in [-0.15, -0.1) is 0 Å². The van der Waals surface area contributed by atoms with Crippen molar-refractivity contribution in [1.29, 1.82) is 0 Å². The molecular weight excluding hydrogens is 328 g/mol. The summed E-state index contributed by atoms with van der Waals surface area (Å²) in [6, 6.07) is 11.4. The normalized spacial score (nSPS) is 11.2. The summed E-state index contributed by atoms with van der Waals surface area (Å²) >= 11 is 0. The smallest absolute Gasteiger partial charge is 0.265 e. The molecule has 3 rings (SSSR count). The second-order valence-corrected chi connectivity index (χ2v) is 6.65. The lowest BCUT2D eigenvalue weighted by Gasteiger charge is -2.14. The van der Waals surface area contributed by atoms with E-state index in [2.05, 4.69) is 9.71 Å². The first-order chi connectivity index (χ1) is 11.5. The van der Waals surface area contributed by atoms with Crippen molar-refractivity contribution < 1.29 is 13.2 Å². The predicted octanol–water partition coefficient (Wildman–Crippen LogP) is 2.26. The standard InChI is InChI=1S/C16H16N4O3S/c1-23-15-10-12(20-9-8-18-11-20)6-7-16(15)24(21,22)19-14-5-3-2-4-13(14)17/h2-11,19H,17H2,1H3. The quantitative estimate of drug-likeness (QED) is 0.692. The van der Waals surface area contributed by atoms with E-state index in [9.17, 15) is 8.42 Å². The lowest BCUT2D eigenvalue weighted by molar-refractivity contribution is 0.402. The van der Waals surface area contributed by atoms with Crippen LogP contribution in [0, 0.1) is 0 Å². The lowest BCUT2D eigenvalue weighted by Crippen LogP contribution is -2.15. The average Bonchev–Trinajstić information content (AvgIpc) is 3.11. The fourth-order valence-corrected chi connectivity index (χ4v) is 3.48. The third-order valence-electron chi connectivity index (χ3n) is 3.44. The van der Waals surface area contributed by atoms with Gasteiger partial charge in [0.2, 0.25) is 0 Å². The molecule has 0 spiro atoms. The number of ether oxygens (including phenoxy) is 1. The molecule has 24 heavy (non-hydrogen) atoms. The van der Waals surface area contributed by atoms with Crippen LogP contribution >= 0.6 is 0 Å². The number of rotatable bonds is 5. The zero-order valence-corrected chi connectivity index (χ0v) is 13.7. The van der Waals surface area contributed by atoms with E-state index in [4.69, 9.17) is 10.5 Å². The van der Waals surface area contributed by atoms with Crippen LogP contribution in [0.1, 0.15) is 0 Å². The van der Waals surface area contributed by atoms with Crippen LogP contribution < -0.4 is 15.2 Å².